The number of hydrogen-bond donors (Lipinski definition) is 3. The summed E-state index contributed by atoms with van der Waals surface area (Å²) in [6.45, 7) is 2.52. The number of rotatable bonds is 12. The van der Waals surface area contributed by atoms with Gasteiger partial charge in [-0.2, -0.15) is 10.2 Å². The Labute approximate surface area is 209 Å². The van der Waals surface area contributed by atoms with Crippen LogP contribution in [-0.2, 0) is 14.3 Å². The summed E-state index contributed by atoms with van der Waals surface area (Å²) in [5.41, 5.74) is 3.99. The fraction of sp³-hybridized carbons (Fsp3) is 0.423. The van der Waals surface area contributed by atoms with Gasteiger partial charge in [0.05, 0.1) is 6.61 Å². The maximum absolute atomic E-state index is 12.4. The minimum Gasteiger partial charge on any atom is -0.480 e. The Kier molecular flexibility index (Phi) is 7.82. The smallest absolute Gasteiger partial charge is 0.407 e. The van der Waals surface area contributed by atoms with Gasteiger partial charge in [-0.25, -0.2) is 14.4 Å². The van der Waals surface area contributed by atoms with E-state index in [1.54, 1.807) is 0 Å². The molecule has 1 heterocycles. The summed E-state index contributed by atoms with van der Waals surface area (Å²) < 4.78 is 10.5. The fourth-order valence-electron chi connectivity index (χ4n) is 4.28. The Morgan fingerprint density at radius 3 is 2.22 bits per heavy atom. The quantitative estimate of drug-likeness (QED) is 0.373. The zero-order chi connectivity index (χ0) is 25.5. The van der Waals surface area contributed by atoms with E-state index in [4.69, 9.17) is 9.47 Å². The third-order valence-corrected chi connectivity index (χ3v) is 6.37. The molecule has 190 valence electrons. The lowest BCUT2D eigenvalue weighted by atomic mass is 9.98. The molecule has 0 unspecified atom stereocenters. The van der Waals surface area contributed by atoms with Gasteiger partial charge in [-0.15, -0.1) is 0 Å². The average Bonchev–Trinajstić information content (AvgIpc) is 3.51. The Morgan fingerprint density at radius 2 is 1.61 bits per heavy atom. The molecule has 10 heteroatoms. The summed E-state index contributed by atoms with van der Waals surface area (Å²) >= 11 is 0. The van der Waals surface area contributed by atoms with E-state index in [9.17, 15) is 19.5 Å². The number of alkyl carbamates (subject to hydrolysis) is 2. The Bertz CT molecular complexity index is 1100. The molecule has 0 fully saturated rings. The summed E-state index contributed by atoms with van der Waals surface area (Å²) in [5.74, 6) is -1.24. The Balaban J connectivity index is 1.17. The molecule has 2 amide bonds. The fourth-order valence-corrected chi connectivity index (χ4v) is 4.28. The standard InChI is InChI=1S/C26H30N4O6/c1-26(29-30-26)13-15-35-24(33)27-14-7-6-12-22(23(31)32)28-25(34)36-16-21-19-10-4-2-8-17(19)18-9-3-5-11-20(18)21/h2-5,8-11,21-22H,6-7,12-16H2,1H3,(H,27,33)(H,28,34)(H,31,32)/t22-/m0/s1. The first kappa shape index (κ1) is 25.2. The van der Waals surface area contributed by atoms with Crippen molar-refractivity contribution in [2.24, 2.45) is 10.2 Å². The van der Waals surface area contributed by atoms with Crippen molar-refractivity contribution < 1.29 is 29.0 Å². The number of fused-ring (bicyclic) bond motifs is 3. The number of benzene rings is 2. The van der Waals surface area contributed by atoms with Crippen LogP contribution < -0.4 is 10.6 Å². The van der Waals surface area contributed by atoms with Crippen LogP contribution in [0.1, 0.15) is 49.7 Å². The number of hydrogen-bond acceptors (Lipinski definition) is 7. The number of carboxylic acids is 1. The lowest BCUT2D eigenvalue weighted by Crippen LogP contribution is -2.41. The highest BCUT2D eigenvalue weighted by Gasteiger charge is 2.33. The van der Waals surface area contributed by atoms with Crippen LogP contribution in [-0.4, -0.2) is 54.7 Å². The molecule has 0 spiro atoms. The zero-order valence-corrected chi connectivity index (χ0v) is 20.1. The van der Waals surface area contributed by atoms with E-state index < -0.39 is 29.9 Å². The molecule has 1 atom stereocenters. The molecule has 1 aliphatic heterocycles. The van der Waals surface area contributed by atoms with Crippen molar-refractivity contribution in [2.45, 2.75) is 50.2 Å². The molecule has 36 heavy (non-hydrogen) atoms. The molecule has 10 nitrogen and oxygen atoms in total. The van der Waals surface area contributed by atoms with Gasteiger partial charge in [-0.3, -0.25) is 0 Å². The molecule has 2 aliphatic rings. The predicted molar refractivity (Wildman–Crippen MR) is 131 cm³/mol. The molecule has 0 bridgehead atoms. The molecule has 3 N–H and O–H groups in total. The molecule has 4 rings (SSSR count). The topological polar surface area (TPSA) is 139 Å². The maximum atomic E-state index is 12.4. The second-order valence-corrected chi connectivity index (χ2v) is 9.09. The molecule has 0 saturated carbocycles. The first-order chi connectivity index (χ1) is 17.4. The molecule has 1 aliphatic carbocycles. The van der Waals surface area contributed by atoms with Crippen molar-refractivity contribution in [3.05, 3.63) is 59.7 Å². The van der Waals surface area contributed by atoms with Gasteiger partial charge in [0.2, 0.25) is 0 Å². The van der Waals surface area contributed by atoms with Crippen LogP contribution in [0, 0.1) is 0 Å². The number of carbonyl (C=O) groups is 3. The highest BCUT2D eigenvalue weighted by molar-refractivity contribution is 5.81. The van der Waals surface area contributed by atoms with Crippen molar-refractivity contribution >= 4 is 18.2 Å². The van der Waals surface area contributed by atoms with Crippen LogP contribution in [0.4, 0.5) is 9.59 Å². The van der Waals surface area contributed by atoms with Gasteiger partial charge in [0.15, 0.2) is 5.66 Å². The van der Waals surface area contributed by atoms with Gasteiger partial charge in [0, 0.05) is 18.9 Å². The van der Waals surface area contributed by atoms with Crippen molar-refractivity contribution in [1.29, 1.82) is 0 Å². The average molecular weight is 495 g/mol. The highest BCUT2D eigenvalue weighted by Crippen LogP contribution is 2.44. The third kappa shape index (κ3) is 6.38. The SMILES string of the molecule is CC1(CCOC(=O)NCCCC[C@H](NC(=O)OCC2c3ccccc3-c3ccccc32)C(=O)O)N=N1. The monoisotopic (exact) mass is 494 g/mol. The number of ether oxygens (including phenoxy) is 2. The number of carboxylic acid groups (broad SMARTS) is 1. The third-order valence-electron chi connectivity index (χ3n) is 6.37. The molecule has 0 aromatic heterocycles. The number of nitrogens with one attached hydrogen (secondary N) is 2. The van der Waals surface area contributed by atoms with Crippen LogP contribution >= 0.6 is 0 Å². The van der Waals surface area contributed by atoms with E-state index in [1.165, 1.54) is 0 Å². The first-order valence-electron chi connectivity index (χ1n) is 12.1. The molecular weight excluding hydrogens is 464 g/mol. The van der Waals surface area contributed by atoms with Gasteiger partial charge < -0.3 is 25.2 Å². The Hall–Kier alpha value is -3.95. The largest absolute Gasteiger partial charge is 0.480 e. The zero-order valence-electron chi connectivity index (χ0n) is 20.1. The van der Waals surface area contributed by atoms with E-state index in [0.29, 0.717) is 25.8 Å². The van der Waals surface area contributed by atoms with E-state index >= 15 is 0 Å². The molecule has 0 saturated heterocycles. The normalized spacial score (nSPS) is 15.4. The van der Waals surface area contributed by atoms with E-state index in [0.717, 1.165) is 22.3 Å². The number of aliphatic carboxylic acids is 1. The molecule has 2 aromatic rings. The van der Waals surface area contributed by atoms with Crippen LogP contribution in [0.15, 0.2) is 58.8 Å². The number of carbonyl (C=O) groups excluding carboxylic acids is 2. The highest BCUT2D eigenvalue weighted by atomic mass is 16.6. The van der Waals surface area contributed by atoms with Gasteiger partial charge in [-0.1, -0.05) is 48.5 Å². The minimum atomic E-state index is -1.14. The van der Waals surface area contributed by atoms with Gasteiger partial charge >= 0.3 is 18.2 Å². The molecular formula is C26H30N4O6. The lowest BCUT2D eigenvalue weighted by Gasteiger charge is -2.17. The maximum Gasteiger partial charge on any atom is 0.407 e. The second kappa shape index (κ2) is 11.2. The number of nitrogens with zero attached hydrogens (tertiary/aromatic N) is 2. The van der Waals surface area contributed by atoms with E-state index in [2.05, 4.69) is 20.9 Å². The van der Waals surface area contributed by atoms with Crippen LogP contribution in [0.25, 0.3) is 11.1 Å². The van der Waals surface area contributed by atoms with Gasteiger partial charge in [0.1, 0.15) is 12.6 Å². The minimum absolute atomic E-state index is 0.104. The van der Waals surface area contributed by atoms with Gasteiger partial charge in [0.25, 0.3) is 0 Å². The summed E-state index contributed by atoms with van der Waals surface area (Å²) in [6, 6.07) is 14.9. The summed E-state index contributed by atoms with van der Waals surface area (Å²) in [6.07, 6.45) is 0.462. The Morgan fingerprint density at radius 1 is 0.972 bits per heavy atom. The van der Waals surface area contributed by atoms with Gasteiger partial charge in [-0.05, 0) is 48.4 Å². The number of unbranched alkanes of at least 4 members (excludes halogenated alkanes) is 1. The summed E-state index contributed by atoms with van der Waals surface area (Å²) in [4.78, 5) is 35.7. The first-order valence-corrected chi connectivity index (χ1v) is 12.1. The number of amides is 2. The van der Waals surface area contributed by atoms with Crippen LogP contribution in [0.2, 0.25) is 0 Å². The van der Waals surface area contributed by atoms with Crippen molar-refractivity contribution in [2.75, 3.05) is 19.8 Å². The van der Waals surface area contributed by atoms with Crippen molar-refractivity contribution in [1.82, 2.24) is 10.6 Å². The lowest BCUT2D eigenvalue weighted by molar-refractivity contribution is -0.139. The van der Waals surface area contributed by atoms with Crippen LogP contribution in [0.5, 0.6) is 0 Å². The molecule has 2 aromatic carbocycles. The van der Waals surface area contributed by atoms with Crippen molar-refractivity contribution in [3.8, 4) is 11.1 Å². The van der Waals surface area contributed by atoms with E-state index in [1.807, 2.05) is 55.5 Å². The van der Waals surface area contributed by atoms with E-state index in [-0.39, 0.29) is 25.6 Å². The second-order valence-electron chi connectivity index (χ2n) is 9.09. The summed E-state index contributed by atoms with van der Waals surface area (Å²) in [5, 5.41) is 22.3. The van der Waals surface area contributed by atoms with Crippen molar-refractivity contribution in [3.63, 3.8) is 0 Å². The molecule has 0 radical (unpaired) electrons. The predicted octanol–water partition coefficient (Wildman–Crippen LogP) is 4.45. The summed E-state index contributed by atoms with van der Waals surface area (Å²) in [7, 11) is 0. The van der Waals surface area contributed by atoms with Crippen LogP contribution in [0.3, 0.4) is 0 Å².